The van der Waals surface area contributed by atoms with Gasteiger partial charge < -0.3 is 4.57 Å². The lowest BCUT2D eigenvalue weighted by molar-refractivity contribution is 1.04. The molecule has 0 atom stereocenters. The third-order valence-corrected chi connectivity index (χ3v) is 4.21. The molecule has 112 valence electrons. The first-order chi connectivity index (χ1) is 10.6. The highest BCUT2D eigenvalue weighted by Crippen LogP contribution is 2.29. The Kier molecular flexibility index (Phi) is 5.40. The highest BCUT2D eigenvalue weighted by molar-refractivity contribution is 9.10. The molecule has 0 saturated heterocycles. The van der Waals surface area contributed by atoms with Gasteiger partial charge >= 0.3 is 0 Å². The van der Waals surface area contributed by atoms with Crippen LogP contribution in [0.25, 0.3) is 17.8 Å². The van der Waals surface area contributed by atoms with E-state index in [0.29, 0.717) is 0 Å². The molecule has 0 aliphatic carbocycles. The average molecular weight is 354 g/mol. The molecule has 0 spiro atoms. The zero-order valence-corrected chi connectivity index (χ0v) is 14.6. The molecule has 0 bridgehead atoms. The lowest BCUT2D eigenvalue weighted by Crippen LogP contribution is -1.99. The van der Waals surface area contributed by atoms with Gasteiger partial charge in [-0.2, -0.15) is 0 Å². The minimum Gasteiger partial charge on any atom is -0.310 e. The maximum atomic E-state index is 3.77. The first-order valence-electron chi connectivity index (χ1n) is 7.16. The predicted octanol–water partition coefficient (Wildman–Crippen LogP) is 6.26. The fraction of sp³-hybridized carbons (Fsp3) is 0.100. The van der Waals surface area contributed by atoms with Gasteiger partial charge in [-0.15, -0.1) is 0 Å². The molecule has 0 amide bonds. The fourth-order valence-electron chi connectivity index (χ4n) is 2.44. The van der Waals surface area contributed by atoms with E-state index < -0.39 is 0 Å². The zero-order valence-electron chi connectivity index (χ0n) is 13.0. The Labute approximate surface area is 141 Å². The Bertz CT molecular complexity index is 702. The summed E-state index contributed by atoms with van der Waals surface area (Å²) in [6, 6.07) is 8.34. The van der Waals surface area contributed by atoms with Gasteiger partial charge in [-0.1, -0.05) is 53.4 Å². The Morgan fingerprint density at radius 1 is 0.864 bits per heavy atom. The van der Waals surface area contributed by atoms with Crippen molar-refractivity contribution in [3.05, 3.63) is 88.7 Å². The second kappa shape index (κ2) is 7.28. The molecule has 2 aromatic rings. The third-order valence-electron chi connectivity index (χ3n) is 3.68. The molecule has 1 aromatic heterocycles. The number of hydrogen-bond donors (Lipinski definition) is 0. The molecule has 1 nitrogen and oxygen atoms in total. The van der Waals surface area contributed by atoms with Crippen LogP contribution in [0, 0.1) is 13.8 Å². The van der Waals surface area contributed by atoms with Crippen molar-refractivity contribution in [1.29, 1.82) is 0 Å². The van der Waals surface area contributed by atoms with Crippen LogP contribution in [-0.2, 0) is 0 Å². The number of halogens is 1. The summed E-state index contributed by atoms with van der Waals surface area (Å²) in [7, 11) is 0. The normalized spacial score (nSPS) is 11.4. The summed E-state index contributed by atoms with van der Waals surface area (Å²) in [5, 5.41) is 0. The van der Waals surface area contributed by atoms with Gasteiger partial charge in [0.1, 0.15) is 0 Å². The molecule has 0 unspecified atom stereocenters. The summed E-state index contributed by atoms with van der Waals surface area (Å²) >= 11 is 3.49. The Morgan fingerprint density at radius 3 is 1.73 bits per heavy atom. The second-order valence-corrected chi connectivity index (χ2v) is 5.94. The van der Waals surface area contributed by atoms with Crippen molar-refractivity contribution >= 4 is 28.1 Å². The van der Waals surface area contributed by atoms with Crippen LogP contribution in [0.5, 0.6) is 0 Å². The van der Waals surface area contributed by atoms with Crippen LogP contribution in [0.2, 0.25) is 0 Å². The van der Waals surface area contributed by atoms with E-state index >= 15 is 0 Å². The number of benzene rings is 1. The second-order valence-electron chi connectivity index (χ2n) is 5.02. The van der Waals surface area contributed by atoms with E-state index in [1.54, 1.807) is 12.2 Å². The van der Waals surface area contributed by atoms with Gasteiger partial charge in [-0.3, -0.25) is 0 Å². The molecule has 1 heterocycles. The van der Waals surface area contributed by atoms with Crippen molar-refractivity contribution in [2.75, 3.05) is 0 Å². The zero-order chi connectivity index (χ0) is 16.1. The van der Waals surface area contributed by atoms with E-state index in [9.17, 15) is 0 Å². The Morgan fingerprint density at radius 2 is 1.32 bits per heavy atom. The monoisotopic (exact) mass is 353 g/mol. The van der Waals surface area contributed by atoms with Crippen LogP contribution in [0.3, 0.4) is 0 Å². The SMILES string of the molecule is C=C/C=C\c1c(C)c(C)c(/C=C\C=C)n1-c1ccc(Br)cc1. The summed E-state index contributed by atoms with van der Waals surface area (Å²) in [5.74, 6) is 0. The van der Waals surface area contributed by atoms with Crippen LogP contribution < -0.4 is 0 Å². The van der Waals surface area contributed by atoms with Crippen LogP contribution in [0.1, 0.15) is 22.5 Å². The molecule has 0 fully saturated rings. The summed E-state index contributed by atoms with van der Waals surface area (Å²) in [4.78, 5) is 0. The number of nitrogens with zero attached hydrogens (tertiary/aromatic N) is 1. The van der Waals surface area contributed by atoms with Gasteiger partial charge in [0.15, 0.2) is 0 Å². The van der Waals surface area contributed by atoms with Crippen molar-refractivity contribution in [3.8, 4) is 5.69 Å². The molecule has 0 N–H and O–H groups in total. The first-order valence-corrected chi connectivity index (χ1v) is 7.95. The van der Waals surface area contributed by atoms with Crippen LogP contribution in [0.4, 0.5) is 0 Å². The lowest BCUT2D eigenvalue weighted by atomic mass is 10.1. The molecule has 0 aliphatic rings. The highest BCUT2D eigenvalue weighted by atomic mass is 79.9. The molecule has 2 heteroatoms. The number of hydrogen-bond acceptors (Lipinski definition) is 0. The van der Waals surface area contributed by atoms with Gasteiger partial charge in [-0.05, 0) is 61.4 Å². The van der Waals surface area contributed by atoms with E-state index in [4.69, 9.17) is 0 Å². The maximum absolute atomic E-state index is 3.77. The van der Waals surface area contributed by atoms with Crippen molar-refractivity contribution in [2.45, 2.75) is 13.8 Å². The minimum atomic E-state index is 1.07. The number of allylic oxidation sites excluding steroid dienone is 4. The van der Waals surface area contributed by atoms with Gasteiger partial charge in [0, 0.05) is 21.5 Å². The van der Waals surface area contributed by atoms with Crippen molar-refractivity contribution in [1.82, 2.24) is 4.57 Å². The summed E-state index contributed by atoms with van der Waals surface area (Å²) < 4.78 is 3.33. The molecule has 0 radical (unpaired) electrons. The van der Waals surface area contributed by atoms with Crippen LogP contribution >= 0.6 is 15.9 Å². The molecule has 1 aromatic carbocycles. The molecule has 2 rings (SSSR count). The van der Waals surface area contributed by atoms with Crippen molar-refractivity contribution in [2.24, 2.45) is 0 Å². The minimum absolute atomic E-state index is 1.07. The van der Waals surface area contributed by atoms with E-state index in [1.165, 1.54) is 22.5 Å². The largest absolute Gasteiger partial charge is 0.310 e. The maximum Gasteiger partial charge on any atom is 0.0494 e. The number of rotatable bonds is 5. The van der Waals surface area contributed by atoms with Gasteiger partial charge in [-0.25, -0.2) is 0 Å². The van der Waals surface area contributed by atoms with Crippen LogP contribution in [0.15, 0.2) is 66.2 Å². The summed E-state index contributed by atoms with van der Waals surface area (Å²) in [5.41, 5.74) is 6.01. The van der Waals surface area contributed by atoms with E-state index in [1.807, 2.05) is 12.2 Å². The lowest BCUT2D eigenvalue weighted by Gasteiger charge is -2.11. The number of aromatic nitrogens is 1. The van der Waals surface area contributed by atoms with Gasteiger partial charge in [0.05, 0.1) is 0 Å². The van der Waals surface area contributed by atoms with Gasteiger partial charge in [0.25, 0.3) is 0 Å². The molecular weight excluding hydrogens is 334 g/mol. The summed E-state index contributed by atoms with van der Waals surface area (Å²) in [6.45, 7) is 11.8. The predicted molar refractivity (Wildman–Crippen MR) is 101 cm³/mol. The van der Waals surface area contributed by atoms with Crippen molar-refractivity contribution < 1.29 is 0 Å². The molecule has 0 aliphatic heterocycles. The Hall–Kier alpha value is -2.06. The third kappa shape index (κ3) is 3.23. The summed E-state index contributed by atoms with van der Waals surface area (Å²) in [6.07, 6.45) is 11.7. The molecule has 22 heavy (non-hydrogen) atoms. The standard InChI is InChI=1S/C20H20BrN/c1-5-7-9-19-15(3)16(4)20(10-8-6-2)22(19)18-13-11-17(21)12-14-18/h5-14H,1-2H2,3-4H3/b9-7-,10-8-. The Balaban J connectivity index is 2.75. The first kappa shape index (κ1) is 16.3. The van der Waals surface area contributed by atoms with E-state index in [0.717, 1.165) is 10.2 Å². The average Bonchev–Trinajstić information content (AvgIpc) is 2.76. The molecular formula is C20H20BrN. The topological polar surface area (TPSA) is 4.93 Å². The smallest absolute Gasteiger partial charge is 0.0494 e. The van der Waals surface area contributed by atoms with Crippen LogP contribution in [-0.4, -0.2) is 4.57 Å². The van der Waals surface area contributed by atoms with E-state index in [-0.39, 0.29) is 0 Å². The van der Waals surface area contributed by atoms with Crippen molar-refractivity contribution in [3.63, 3.8) is 0 Å². The fourth-order valence-corrected chi connectivity index (χ4v) is 2.70. The highest BCUT2D eigenvalue weighted by Gasteiger charge is 2.15. The molecule has 0 saturated carbocycles. The van der Waals surface area contributed by atoms with Gasteiger partial charge in [0.2, 0.25) is 0 Å². The van der Waals surface area contributed by atoms with E-state index in [2.05, 4.69) is 83.9 Å². The quantitative estimate of drug-likeness (QED) is 0.559.